The summed E-state index contributed by atoms with van der Waals surface area (Å²) in [6.07, 6.45) is 0.962. The van der Waals surface area contributed by atoms with Gasteiger partial charge < -0.3 is 10.1 Å². The number of carbonyl (C=O) groups is 2. The van der Waals surface area contributed by atoms with Gasteiger partial charge in [0.25, 0.3) is 0 Å². The number of aryl methyl sites for hydroxylation is 1. The SMILES string of the molecule is COC(=O)c1ccc(C)c(NC(=O)C(C)N(c2ccc(F)cc2)S(C)(=O)=O)c1. The fourth-order valence-electron chi connectivity index (χ4n) is 2.64. The number of carbonyl (C=O) groups excluding carboxylic acids is 2. The molecule has 0 heterocycles. The Hall–Kier alpha value is -2.94. The van der Waals surface area contributed by atoms with Crippen LogP contribution in [0.5, 0.6) is 0 Å². The molecule has 0 saturated carbocycles. The molecular formula is C19H21FN2O5S. The number of hydrogen-bond donors (Lipinski definition) is 1. The fraction of sp³-hybridized carbons (Fsp3) is 0.263. The lowest BCUT2D eigenvalue weighted by molar-refractivity contribution is -0.116. The van der Waals surface area contributed by atoms with Gasteiger partial charge in [0.2, 0.25) is 15.9 Å². The first-order valence-corrected chi connectivity index (χ1v) is 10.1. The lowest BCUT2D eigenvalue weighted by Crippen LogP contribution is -2.45. The highest BCUT2D eigenvalue weighted by Crippen LogP contribution is 2.23. The number of nitrogens with one attached hydrogen (secondary N) is 1. The zero-order valence-electron chi connectivity index (χ0n) is 15.9. The van der Waals surface area contributed by atoms with Crippen LogP contribution in [0, 0.1) is 12.7 Å². The molecule has 2 rings (SSSR count). The molecule has 0 aromatic heterocycles. The fourth-order valence-corrected chi connectivity index (χ4v) is 3.81. The van der Waals surface area contributed by atoms with Gasteiger partial charge >= 0.3 is 5.97 Å². The molecule has 1 N–H and O–H groups in total. The van der Waals surface area contributed by atoms with Crippen molar-refractivity contribution in [3.05, 3.63) is 59.4 Å². The Morgan fingerprint density at radius 1 is 1.14 bits per heavy atom. The van der Waals surface area contributed by atoms with Gasteiger partial charge in [0, 0.05) is 5.69 Å². The van der Waals surface area contributed by atoms with Crippen molar-refractivity contribution in [1.82, 2.24) is 0 Å². The summed E-state index contributed by atoms with van der Waals surface area (Å²) in [6, 6.07) is 8.31. The quantitative estimate of drug-likeness (QED) is 0.742. The third-order valence-electron chi connectivity index (χ3n) is 4.09. The number of hydrogen-bond acceptors (Lipinski definition) is 5. The van der Waals surface area contributed by atoms with Gasteiger partial charge in [-0.25, -0.2) is 17.6 Å². The third-order valence-corrected chi connectivity index (χ3v) is 5.33. The molecule has 2 aromatic rings. The van der Waals surface area contributed by atoms with Crippen LogP contribution in [0.2, 0.25) is 0 Å². The molecule has 0 bridgehead atoms. The van der Waals surface area contributed by atoms with E-state index in [4.69, 9.17) is 0 Å². The van der Waals surface area contributed by atoms with Crippen molar-refractivity contribution in [2.24, 2.45) is 0 Å². The van der Waals surface area contributed by atoms with Crippen LogP contribution in [0.1, 0.15) is 22.8 Å². The molecule has 7 nitrogen and oxygen atoms in total. The summed E-state index contributed by atoms with van der Waals surface area (Å²) < 4.78 is 43.3. The van der Waals surface area contributed by atoms with Crippen LogP contribution in [-0.4, -0.2) is 39.7 Å². The maximum absolute atomic E-state index is 13.2. The largest absolute Gasteiger partial charge is 0.465 e. The van der Waals surface area contributed by atoms with E-state index >= 15 is 0 Å². The smallest absolute Gasteiger partial charge is 0.337 e. The van der Waals surface area contributed by atoms with E-state index in [1.807, 2.05) is 0 Å². The first-order chi connectivity index (χ1) is 13.0. The predicted octanol–water partition coefficient (Wildman–Crippen LogP) is 2.71. The molecule has 9 heteroatoms. The second kappa shape index (κ2) is 8.39. The second-order valence-electron chi connectivity index (χ2n) is 6.22. The van der Waals surface area contributed by atoms with Crippen molar-refractivity contribution in [2.75, 3.05) is 23.0 Å². The molecule has 0 saturated heterocycles. The zero-order chi connectivity index (χ0) is 21.1. The Kier molecular flexibility index (Phi) is 6.40. The van der Waals surface area contributed by atoms with Crippen molar-refractivity contribution in [3.63, 3.8) is 0 Å². The summed E-state index contributed by atoms with van der Waals surface area (Å²) in [5, 5.41) is 2.64. The summed E-state index contributed by atoms with van der Waals surface area (Å²) in [5.74, 6) is -1.70. The van der Waals surface area contributed by atoms with Gasteiger partial charge in [0.1, 0.15) is 11.9 Å². The summed E-state index contributed by atoms with van der Waals surface area (Å²) in [7, 11) is -2.58. The molecule has 1 atom stereocenters. The Morgan fingerprint density at radius 2 is 1.75 bits per heavy atom. The summed E-state index contributed by atoms with van der Waals surface area (Å²) >= 11 is 0. The molecule has 2 aromatic carbocycles. The summed E-state index contributed by atoms with van der Waals surface area (Å²) in [6.45, 7) is 3.15. The standard InChI is InChI=1S/C19H21FN2O5S/c1-12-5-6-14(19(24)27-3)11-17(12)21-18(23)13(2)22(28(4,25)26)16-9-7-15(20)8-10-16/h5-11,13H,1-4H3,(H,21,23). The topological polar surface area (TPSA) is 92.8 Å². The van der Waals surface area contributed by atoms with E-state index in [2.05, 4.69) is 10.1 Å². The number of ether oxygens (including phenoxy) is 1. The lowest BCUT2D eigenvalue weighted by Gasteiger charge is -2.28. The van der Waals surface area contributed by atoms with E-state index in [1.165, 1.54) is 32.2 Å². The van der Waals surface area contributed by atoms with Crippen LogP contribution >= 0.6 is 0 Å². The molecule has 0 spiro atoms. The highest BCUT2D eigenvalue weighted by molar-refractivity contribution is 7.92. The van der Waals surface area contributed by atoms with Gasteiger partial charge in [0.15, 0.2) is 0 Å². The molecule has 0 radical (unpaired) electrons. The predicted molar refractivity (Wildman–Crippen MR) is 104 cm³/mol. The molecular weight excluding hydrogens is 387 g/mol. The van der Waals surface area contributed by atoms with E-state index in [0.29, 0.717) is 11.3 Å². The number of anilines is 2. The Labute approximate surface area is 163 Å². The van der Waals surface area contributed by atoms with Crippen molar-refractivity contribution in [1.29, 1.82) is 0 Å². The third kappa shape index (κ3) is 4.86. The molecule has 0 aliphatic carbocycles. The minimum atomic E-state index is -3.83. The number of sulfonamides is 1. The monoisotopic (exact) mass is 408 g/mol. The Morgan fingerprint density at radius 3 is 2.29 bits per heavy atom. The van der Waals surface area contributed by atoms with E-state index in [0.717, 1.165) is 22.7 Å². The molecule has 28 heavy (non-hydrogen) atoms. The maximum atomic E-state index is 13.2. The molecule has 0 aliphatic rings. The summed E-state index contributed by atoms with van der Waals surface area (Å²) in [4.78, 5) is 24.4. The van der Waals surface area contributed by atoms with Crippen LogP contribution in [0.15, 0.2) is 42.5 Å². The minimum Gasteiger partial charge on any atom is -0.465 e. The van der Waals surface area contributed by atoms with Crippen molar-refractivity contribution in [2.45, 2.75) is 19.9 Å². The van der Waals surface area contributed by atoms with Crippen molar-refractivity contribution in [3.8, 4) is 0 Å². The van der Waals surface area contributed by atoms with Gasteiger partial charge in [-0.3, -0.25) is 9.10 Å². The molecule has 0 fully saturated rings. The number of nitrogens with zero attached hydrogens (tertiary/aromatic N) is 1. The molecule has 1 amide bonds. The van der Waals surface area contributed by atoms with E-state index in [1.54, 1.807) is 19.1 Å². The minimum absolute atomic E-state index is 0.159. The van der Waals surface area contributed by atoms with E-state index in [-0.39, 0.29) is 11.3 Å². The lowest BCUT2D eigenvalue weighted by atomic mass is 10.1. The van der Waals surface area contributed by atoms with E-state index in [9.17, 15) is 22.4 Å². The number of benzene rings is 2. The number of rotatable bonds is 6. The molecule has 0 aliphatic heterocycles. The average Bonchev–Trinajstić information content (AvgIpc) is 2.63. The van der Waals surface area contributed by atoms with Crippen molar-refractivity contribution >= 4 is 33.3 Å². The highest BCUT2D eigenvalue weighted by Gasteiger charge is 2.29. The zero-order valence-corrected chi connectivity index (χ0v) is 16.7. The van der Waals surface area contributed by atoms with Gasteiger partial charge in [-0.05, 0) is 55.8 Å². The van der Waals surface area contributed by atoms with Crippen LogP contribution in [-0.2, 0) is 19.6 Å². The Balaban J connectivity index is 2.34. The first-order valence-electron chi connectivity index (χ1n) is 8.29. The van der Waals surface area contributed by atoms with Gasteiger partial charge in [-0.2, -0.15) is 0 Å². The summed E-state index contributed by atoms with van der Waals surface area (Å²) in [5.41, 5.74) is 1.44. The van der Waals surface area contributed by atoms with E-state index < -0.39 is 33.8 Å². The average molecular weight is 408 g/mol. The van der Waals surface area contributed by atoms with Gasteiger partial charge in [0.05, 0.1) is 24.6 Å². The van der Waals surface area contributed by atoms with Crippen LogP contribution < -0.4 is 9.62 Å². The maximum Gasteiger partial charge on any atom is 0.337 e. The van der Waals surface area contributed by atoms with Crippen LogP contribution in [0.3, 0.4) is 0 Å². The number of amides is 1. The Bertz CT molecular complexity index is 990. The number of esters is 1. The molecule has 1 unspecified atom stereocenters. The number of halogens is 1. The normalized spacial score (nSPS) is 12.2. The van der Waals surface area contributed by atoms with Gasteiger partial charge in [-0.15, -0.1) is 0 Å². The van der Waals surface area contributed by atoms with Crippen molar-refractivity contribution < 1.29 is 27.1 Å². The first kappa shape index (κ1) is 21.4. The van der Waals surface area contributed by atoms with Gasteiger partial charge in [-0.1, -0.05) is 6.07 Å². The number of methoxy groups -OCH3 is 1. The highest BCUT2D eigenvalue weighted by atomic mass is 32.2. The molecule has 150 valence electrons. The van der Waals surface area contributed by atoms with Crippen LogP contribution in [0.4, 0.5) is 15.8 Å². The second-order valence-corrected chi connectivity index (χ2v) is 8.08. The van der Waals surface area contributed by atoms with Crippen LogP contribution in [0.25, 0.3) is 0 Å².